The molecule has 0 spiro atoms. The maximum atomic E-state index is 13.0. The van der Waals surface area contributed by atoms with Gasteiger partial charge in [0, 0.05) is 24.0 Å². The largest absolute Gasteiger partial charge is 0.481 e. The lowest BCUT2D eigenvalue weighted by molar-refractivity contribution is -0.146. The summed E-state index contributed by atoms with van der Waals surface area (Å²) in [6.45, 7) is 4.22. The summed E-state index contributed by atoms with van der Waals surface area (Å²) in [4.78, 5) is 34.9. The van der Waals surface area contributed by atoms with Crippen LogP contribution in [0.25, 0.3) is 5.78 Å². The summed E-state index contributed by atoms with van der Waals surface area (Å²) in [5, 5.41) is 13.8. The Morgan fingerprint density at radius 1 is 1.20 bits per heavy atom. The second kappa shape index (κ2) is 5.79. The van der Waals surface area contributed by atoms with E-state index in [1.807, 2.05) is 19.9 Å². The molecule has 3 atom stereocenters. The van der Waals surface area contributed by atoms with Crippen molar-refractivity contribution in [1.82, 2.24) is 24.5 Å². The topological polar surface area (TPSA) is 101 Å². The monoisotopic (exact) mass is 343 g/mol. The molecule has 2 fully saturated rings. The first-order valence-corrected chi connectivity index (χ1v) is 8.70. The number of aromatic nitrogens is 4. The van der Waals surface area contributed by atoms with Gasteiger partial charge in [0.1, 0.15) is 0 Å². The van der Waals surface area contributed by atoms with E-state index in [1.54, 1.807) is 9.42 Å². The molecular weight excluding hydrogens is 322 g/mol. The van der Waals surface area contributed by atoms with Gasteiger partial charge in [-0.25, -0.2) is 9.50 Å². The Kier molecular flexibility index (Phi) is 3.70. The maximum absolute atomic E-state index is 13.0. The van der Waals surface area contributed by atoms with Crippen molar-refractivity contribution in [2.24, 2.45) is 11.8 Å². The Bertz CT molecular complexity index is 861. The molecule has 3 unspecified atom stereocenters. The first-order chi connectivity index (χ1) is 12.0. The number of hydrogen-bond acceptors (Lipinski definition) is 5. The zero-order valence-corrected chi connectivity index (χ0v) is 14.3. The first kappa shape index (κ1) is 16.0. The normalized spacial score (nSPS) is 26.0. The van der Waals surface area contributed by atoms with E-state index >= 15 is 0 Å². The summed E-state index contributed by atoms with van der Waals surface area (Å²) < 4.78 is 1.58. The number of aryl methyl sites for hydroxylation is 2. The molecule has 0 radical (unpaired) electrons. The average Bonchev–Trinajstić information content (AvgIpc) is 3.19. The van der Waals surface area contributed by atoms with Gasteiger partial charge < -0.3 is 10.0 Å². The van der Waals surface area contributed by atoms with Gasteiger partial charge >= 0.3 is 5.97 Å². The third kappa shape index (κ3) is 2.56. The van der Waals surface area contributed by atoms with Crippen molar-refractivity contribution < 1.29 is 14.7 Å². The number of carboxylic acid groups (broad SMARTS) is 1. The molecule has 8 nitrogen and oxygen atoms in total. The Labute approximate surface area is 144 Å². The van der Waals surface area contributed by atoms with Crippen LogP contribution in [-0.2, 0) is 4.79 Å². The number of rotatable bonds is 2. The Morgan fingerprint density at radius 3 is 2.76 bits per heavy atom. The molecule has 2 aromatic heterocycles. The molecule has 0 bridgehead atoms. The van der Waals surface area contributed by atoms with Gasteiger partial charge in [0.15, 0.2) is 0 Å². The van der Waals surface area contributed by atoms with Crippen LogP contribution in [0.4, 0.5) is 0 Å². The molecule has 132 valence electrons. The Hall–Kier alpha value is -2.51. The third-order valence-corrected chi connectivity index (χ3v) is 5.52. The molecule has 1 aliphatic carbocycles. The van der Waals surface area contributed by atoms with Crippen molar-refractivity contribution >= 4 is 17.7 Å². The van der Waals surface area contributed by atoms with Gasteiger partial charge in [-0.1, -0.05) is 6.42 Å². The van der Waals surface area contributed by atoms with Crippen molar-refractivity contribution in [2.75, 3.05) is 6.54 Å². The van der Waals surface area contributed by atoms with Gasteiger partial charge in [-0.3, -0.25) is 9.59 Å². The summed E-state index contributed by atoms with van der Waals surface area (Å²) in [5.74, 6) is -0.718. The van der Waals surface area contributed by atoms with Crippen LogP contribution in [0.15, 0.2) is 6.07 Å². The standard InChI is InChI=1S/C17H21N5O3/c1-9-8-10(2)22-17(18-9)19-14(20-22)15(23)21-7-6-12(16(24)25)11-4-3-5-13(11)21/h8,11-13H,3-7H2,1-2H3,(H,24,25). The van der Waals surface area contributed by atoms with Crippen molar-refractivity contribution in [3.05, 3.63) is 23.3 Å². The number of fused-ring (bicyclic) bond motifs is 2. The lowest BCUT2D eigenvalue weighted by Gasteiger charge is -2.40. The summed E-state index contributed by atoms with van der Waals surface area (Å²) in [6.07, 6.45) is 3.17. The highest BCUT2D eigenvalue weighted by molar-refractivity contribution is 5.91. The highest BCUT2D eigenvalue weighted by Crippen LogP contribution is 2.41. The van der Waals surface area contributed by atoms with Gasteiger partial charge in [0.2, 0.25) is 5.82 Å². The van der Waals surface area contributed by atoms with Crippen molar-refractivity contribution in [1.29, 1.82) is 0 Å². The van der Waals surface area contributed by atoms with Gasteiger partial charge in [-0.05, 0) is 45.1 Å². The average molecular weight is 343 g/mol. The van der Waals surface area contributed by atoms with Gasteiger partial charge in [-0.15, -0.1) is 5.10 Å². The fraction of sp³-hybridized carbons (Fsp3) is 0.588. The minimum atomic E-state index is -0.745. The number of carbonyl (C=O) groups excluding carboxylic acids is 1. The lowest BCUT2D eigenvalue weighted by atomic mass is 9.81. The van der Waals surface area contributed by atoms with E-state index in [0.717, 1.165) is 30.7 Å². The first-order valence-electron chi connectivity index (χ1n) is 8.70. The number of hydrogen-bond donors (Lipinski definition) is 1. The van der Waals surface area contributed by atoms with Crippen LogP contribution < -0.4 is 0 Å². The zero-order chi connectivity index (χ0) is 17.7. The molecule has 1 N–H and O–H groups in total. The van der Waals surface area contributed by atoms with Gasteiger partial charge in [-0.2, -0.15) is 4.98 Å². The van der Waals surface area contributed by atoms with Gasteiger partial charge in [0.05, 0.1) is 5.92 Å². The second-order valence-corrected chi connectivity index (χ2v) is 7.08. The summed E-state index contributed by atoms with van der Waals surface area (Å²) in [7, 11) is 0. The molecule has 1 amide bonds. The van der Waals surface area contributed by atoms with Crippen LogP contribution in [0, 0.1) is 25.7 Å². The number of carboxylic acids is 1. The fourth-order valence-electron chi connectivity index (χ4n) is 4.43. The molecule has 8 heteroatoms. The molecule has 0 aromatic carbocycles. The summed E-state index contributed by atoms with van der Waals surface area (Å²) in [6, 6.07) is 1.87. The number of aliphatic carboxylic acids is 1. The molecule has 2 aromatic rings. The minimum Gasteiger partial charge on any atom is -0.481 e. The Morgan fingerprint density at radius 2 is 2.00 bits per heavy atom. The van der Waals surface area contributed by atoms with Crippen LogP contribution in [0.3, 0.4) is 0 Å². The Balaban J connectivity index is 1.65. The van der Waals surface area contributed by atoms with E-state index in [0.29, 0.717) is 18.7 Å². The molecule has 25 heavy (non-hydrogen) atoms. The second-order valence-electron chi connectivity index (χ2n) is 7.08. The number of piperidine rings is 1. The van der Waals surface area contributed by atoms with Crippen LogP contribution >= 0.6 is 0 Å². The van der Waals surface area contributed by atoms with E-state index in [1.165, 1.54) is 0 Å². The highest BCUT2D eigenvalue weighted by atomic mass is 16.4. The predicted molar refractivity (Wildman–Crippen MR) is 88.2 cm³/mol. The third-order valence-electron chi connectivity index (χ3n) is 5.52. The molecule has 4 rings (SSSR count). The predicted octanol–water partition coefficient (Wildman–Crippen LogP) is 1.46. The quantitative estimate of drug-likeness (QED) is 0.886. The SMILES string of the molecule is Cc1cc(C)n2nc(C(=O)N3CCC(C(=O)O)C4CCCC43)nc2n1. The van der Waals surface area contributed by atoms with E-state index < -0.39 is 5.97 Å². The lowest BCUT2D eigenvalue weighted by Crippen LogP contribution is -2.51. The molecule has 1 saturated heterocycles. The molecule has 3 heterocycles. The van der Waals surface area contributed by atoms with Crippen molar-refractivity contribution in [2.45, 2.75) is 45.6 Å². The molecule has 1 aliphatic heterocycles. The van der Waals surface area contributed by atoms with Crippen LogP contribution in [0.2, 0.25) is 0 Å². The van der Waals surface area contributed by atoms with Crippen LogP contribution in [-0.4, -0.2) is 54.1 Å². The minimum absolute atomic E-state index is 0.0234. The smallest absolute Gasteiger partial charge is 0.306 e. The van der Waals surface area contributed by atoms with E-state index in [-0.39, 0.29) is 29.6 Å². The number of nitrogens with zero attached hydrogens (tertiary/aromatic N) is 5. The van der Waals surface area contributed by atoms with Crippen LogP contribution in [0.5, 0.6) is 0 Å². The van der Waals surface area contributed by atoms with Gasteiger partial charge in [0.25, 0.3) is 11.7 Å². The summed E-state index contributed by atoms with van der Waals surface area (Å²) in [5.41, 5.74) is 1.70. The number of carbonyl (C=O) groups is 2. The summed E-state index contributed by atoms with van der Waals surface area (Å²) >= 11 is 0. The number of likely N-dealkylation sites (tertiary alicyclic amines) is 1. The van der Waals surface area contributed by atoms with Crippen molar-refractivity contribution in [3.63, 3.8) is 0 Å². The zero-order valence-electron chi connectivity index (χ0n) is 14.3. The fourth-order valence-corrected chi connectivity index (χ4v) is 4.43. The molecule has 1 saturated carbocycles. The van der Waals surface area contributed by atoms with Crippen molar-refractivity contribution in [3.8, 4) is 0 Å². The molecular formula is C17H21N5O3. The maximum Gasteiger partial charge on any atom is 0.306 e. The molecule has 2 aliphatic rings. The van der Waals surface area contributed by atoms with E-state index in [2.05, 4.69) is 15.1 Å². The van der Waals surface area contributed by atoms with Crippen LogP contribution in [0.1, 0.15) is 47.7 Å². The van der Waals surface area contributed by atoms with E-state index in [4.69, 9.17) is 0 Å². The number of amides is 1. The van der Waals surface area contributed by atoms with E-state index in [9.17, 15) is 14.7 Å². The highest BCUT2D eigenvalue weighted by Gasteiger charge is 2.46.